The van der Waals surface area contributed by atoms with E-state index in [1.165, 1.54) is 17.8 Å². The Morgan fingerprint density at radius 1 is 1.47 bits per heavy atom. The normalized spacial score (nSPS) is 18.2. The van der Waals surface area contributed by atoms with Crippen molar-refractivity contribution in [1.82, 2.24) is 15.3 Å². The molecular weight excluding hydrogens is 258 g/mol. The summed E-state index contributed by atoms with van der Waals surface area (Å²) in [6.45, 7) is 1.06. The molecule has 0 saturated carbocycles. The van der Waals surface area contributed by atoms with Gasteiger partial charge in [-0.05, 0) is 31.5 Å². The first-order valence-electron chi connectivity index (χ1n) is 6.18. The van der Waals surface area contributed by atoms with Gasteiger partial charge >= 0.3 is 0 Å². The molecule has 96 valence electrons. The van der Waals surface area contributed by atoms with Crippen LogP contribution >= 0.6 is 11.3 Å². The van der Waals surface area contributed by atoms with E-state index in [0.717, 1.165) is 24.5 Å². The van der Waals surface area contributed by atoms with Gasteiger partial charge in [-0.3, -0.25) is 0 Å². The first-order valence-corrected chi connectivity index (χ1v) is 7.00. The van der Waals surface area contributed by atoms with Crippen molar-refractivity contribution in [2.75, 3.05) is 11.9 Å². The number of nitriles is 1. The molecule has 0 bridgehead atoms. The van der Waals surface area contributed by atoms with Crippen molar-refractivity contribution in [3.63, 3.8) is 0 Å². The lowest BCUT2D eigenvalue weighted by molar-refractivity contribution is 0.629. The average molecular weight is 271 g/mol. The summed E-state index contributed by atoms with van der Waals surface area (Å²) in [6.07, 6.45) is 3.89. The van der Waals surface area contributed by atoms with Gasteiger partial charge in [0.2, 0.25) is 0 Å². The molecular formula is C13H13N5S. The maximum absolute atomic E-state index is 8.77. The van der Waals surface area contributed by atoms with Gasteiger partial charge in [0.1, 0.15) is 16.8 Å². The van der Waals surface area contributed by atoms with E-state index < -0.39 is 0 Å². The van der Waals surface area contributed by atoms with Crippen LogP contribution in [0.5, 0.6) is 0 Å². The molecule has 0 aromatic carbocycles. The zero-order valence-electron chi connectivity index (χ0n) is 10.3. The molecule has 6 heteroatoms. The molecule has 0 spiro atoms. The van der Waals surface area contributed by atoms with Crippen molar-refractivity contribution >= 4 is 22.3 Å². The van der Waals surface area contributed by atoms with Crippen molar-refractivity contribution in [2.24, 2.45) is 0 Å². The summed E-state index contributed by atoms with van der Waals surface area (Å²) in [5.41, 5.74) is 1.06. The molecule has 1 aliphatic heterocycles. The number of pyridine rings is 1. The zero-order chi connectivity index (χ0) is 13.1. The smallest absolute Gasteiger partial charge is 0.189 e. The number of thiazole rings is 1. The quantitative estimate of drug-likeness (QED) is 0.897. The summed E-state index contributed by atoms with van der Waals surface area (Å²) in [4.78, 5) is 9.33. The van der Waals surface area contributed by atoms with Gasteiger partial charge in [0.15, 0.2) is 5.13 Å². The molecule has 1 fully saturated rings. The van der Waals surface area contributed by atoms with E-state index in [4.69, 9.17) is 5.26 Å². The Labute approximate surface area is 115 Å². The fourth-order valence-electron chi connectivity index (χ4n) is 2.15. The van der Waals surface area contributed by atoms with Crippen LogP contribution in [0.1, 0.15) is 29.5 Å². The number of nitrogens with one attached hydrogen (secondary N) is 2. The third-order valence-electron chi connectivity index (χ3n) is 3.04. The number of nitrogens with zero attached hydrogens (tertiary/aromatic N) is 3. The summed E-state index contributed by atoms with van der Waals surface area (Å²) < 4.78 is 0. The Balaban J connectivity index is 1.77. The fraction of sp³-hybridized carbons (Fsp3) is 0.308. The topological polar surface area (TPSA) is 73.6 Å². The highest BCUT2D eigenvalue weighted by Crippen LogP contribution is 2.24. The molecule has 3 rings (SSSR count). The predicted octanol–water partition coefficient (Wildman–Crippen LogP) is 2.58. The minimum absolute atomic E-state index is 0.354. The van der Waals surface area contributed by atoms with E-state index in [0.29, 0.717) is 16.1 Å². The van der Waals surface area contributed by atoms with Gasteiger partial charge in [0, 0.05) is 6.04 Å². The molecule has 2 aromatic rings. The van der Waals surface area contributed by atoms with Gasteiger partial charge in [0.25, 0.3) is 0 Å². The third-order valence-corrected chi connectivity index (χ3v) is 3.86. The van der Waals surface area contributed by atoms with E-state index in [2.05, 4.69) is 26.7 Å². The first-order chi connectivity index (χ1) is 9.35. The molecule has 0 amide bonds. The maximum Gasteiger partial charge on any atom is 0.189 e. The number of anilines is 2. The van der Waals surface area contributed by atoms with E-state index in [1.54, 1.807) is 6.20 Å². The Bertz CT molecular complexity index is 609. The van der Waals surface area contributed by atoms with Gasteiger partial charge < -0.3 is 10.6 Å². The number of hydrogen-bond donors (Lipinski definition) is 2. The highest BCUT2D eigenvalue weighted by Gasteiger charge is 2.17. The van der Waals surface area contributed by atoms with Crippen LogP contribution in [-0.2, 0) is 0 Å². The predicted molar refractivity (Wildman–Crippen MR) is 74.3 cm³/mol. The molecule has 3 heterocycles. The summed E-state index contributed by atoms with van der Waals surface area (Å²) in [6, 6.07) is 8.37. The molecule has 1 aliphatic rings. The van der Waals surface area contributed by atoms with Crippen LogP contribution in [0.3, 0.4) is 0 Å². The Morgan fingerprint density at radius 3 is 3.16 bits per heavy atom. The monoisotopic (exact) mass is 271 g/mol. The average Bonchev–Trinajstić information content (AvgIpc) is 3.10. The first kappa shape index (κ1) is 12.1. The summed E-state index contributed by atoms with van der Waals surface area (Å²) in [5.74, 6) is 0.769. The Kier molecular flexibility index (Phi) is 3.40. The molecule has 19 heavy (non-hydrogen) atoms. The minimum Gasteiger partial charge on any atom is -0.316 e. The van der Waals surface area contributed by atoms with Crippen molar-refractivity contribution in [3.05, 3.63) is 35.0 Å². The second-order valence-corrected chi connectivity index (χ2v) is 5.39. The van der Waals surface area contributed by atoms with Crippen molar-refractivity contribution < 1.29 is 0 Å². The van der Waals surface area contributed by atoms with Crippen molar-refractivity contribution in [2.45, 2.75) is 18.9 Å². The van der Waals surface area contributed by atoms with Crippen LogP contribution in [-0.4, -0.2) is 16.5 Å². The number of aromatic nitrogens is 2. The largest absolute Gasteiger partial charge is 0.316 e. The molecule has 2 aromatic heterocycles. The van der Waals surface area contributed by atoms with Crippen LogP contribution in [0.4, 0.5) is 10.9 Å². The van der Waals surface area contributed by atoms with Crippen LogP contribution in [0.15, 0.2) is 24.4 Å². The highest BCUT2D eigenvalue weighted by atomic mass is 32.1. The summed E-state index contributed by atoms with van der Waals surface area (Å²) >= 11 is 1.33. The number of hydrogen-bond acceptors (Lipinski definition) is 6. The second-order valence-electron chi connectivity index (χ2n) is 4.36. The van der Waals surface area contributed by atoms with Gasteiger partial charge in [-0.25, -0.2) is 9.97 Å². The Hall–Kier alpha value is -1.97. The molecule has 0 radical (unpaired) electrons. The lowest BCUT2D eigenvalue weighted by Gasteiger charge is -2.11. The number of rotatable bonds is 3. The van der Waals surface area contributed by atoms with E-state index in [1.807, 2.05) is 18.2 Å². The van der Waals surface area contributed by atoms with Crippen LogP contribution in [0.25, 0.3) is 0 Å². The van der Waals surface area contributed by atoms with Crippen LogP contribution < -0.4 is 10.6 Å². The van der Waals surface area contributed by atoms with Gasteiger partial charge in [-0.2, -0.15) is 5.26 Å². The molecule has 1 saturated heterocycles. The summed E-state index contributed by atoms with van der Waals surface area (Å²) in [5, 5.41) is 16.0. The van der Waals surface area contributed by atoms with Gasteiger partial charge in [-0.1, -0.05) is 17.4 Å². The third kappa shape index (κ3) is 2.72. The molecule has 1 unspecified atom stereocenters. The van der Waals surface area contributed by atoms with Crippen molar-refractivity contribution in [1.29, 1.82) is 5.26 Å². The van der Waals surface area contributed by atoms with Crippen molar-refractivity contribution in [3.8, 4) is 6.07 Å². The molecule has 5 nitrogen and oxygen atoms in total. The SMILES string of the molecule is N#Cc1cnc(Nc2cccc(C3CCCN3)n2)s1. The van der Waals surface area contributed by atoms with Crippen LogP contribution in [0, 0.1) is 11.3 Å². The van der Waals surface area contributed by atoms with E-state index in [-0.39, 0.29) is 0 Å². The summed E-state index contributed by atoms with van der Waals surface area (Å²) in [7, 11) is 0. The van der Waals surface area contributed by atoms with Crippen LogP contribution in [0.2, 0.25) is 0 Å². The fourth-order valence-corrected chi connectivity index (χ4v) is 2.77. The zero-order valence-corrected chi connectivity index (χ0v) is 11.1. The lowest BCUT2D eigenvalue weighted by atomic mass is 10.1. The Morgan fingerprint density at radius 2 is 2.42 bits per heavy atom. The minimum atomic E-state index is 0.354. The molecule has 1 atom stereocenters. The van der Waals surface area contributed by atoms with E-state index >= 15 is 0 Å². The standard InChI is InChI=1S/C13H13N5S/c14-7-9-8-16-13(19-9)18-12-5-1-3-11(17-12)10-4-2-6-15-10/h1,3,5,8,10,15H,2,4,6H2,(H,16,17,18). The lowest BCUT2D eigenvalue weighted by Crippen LogP contribution is -2.14. The van der Waals surface area contributed by atoms with Gasteiger partial charge in [0.05, 0.1) is 11.9 Å². The molecule has 2 N–H and O–H groups in total. The maximum atomic E-state index is 8.77. The second kappa shape index (κ2) is 5.34. The molecule has 0 aliphatic carbocycles. The van der Waals surface area contributed by atoms with Gasteiger partial charge in [-0.15, -0.1) is 0 Å². The highest BCUT2D eigenvalue weighted by molar-refractivity contribution is 7.16. The van der Waals surface area contributed by atoms with E-state index in [9.17, 15) is 0 Å².